The summed E-state index contributed by atoms with van der Waals surface area (Å²) in [5.41, 5.74) is 3.33. The smallest absolute Gasteiger partial charge is 0.0957 e. The standard InChI is InChI=1S/C16H21NOS/c1-11(2)8-13-4-6-14(7-5-13)15(18)9-16-17-12(3)10-19-16/h4-7,10-11,15,18H,8-9H2,1-3H3. The average Bonchev–Trinajstić information content (AvgIpc) is 2.75. The van der Waals surface area contributed by atoms with Crippen molar-refractivity contribution in [1.82, 2.24) is 4.98 Å². The molecule has 0 aliphatic heterocycles. The topological polar surface area (TPSA) is 33.1 Å². The summed E-state index contributed by atoms with van der Waals surface area (Å²) in [4.78, 5) is 4.39. The summed E-state index contributed by atoms with van der Waals surface area (Å²) in [6.07, 6.45) is 1.23. The van der Waals surface area contributed by atoms with E-state index in [2.05, 4.69) is 31.0 Å². The molecule has 2 rings (SSSR count). The lowest BCUT2D eigenvalue weighted by molar-refractivity contribution is 0.178. The molecule has 0 aliphatic rings. The number of aliphatic hydroxyl groups excluding tert-OH is 1. The van der Waals surface area contributed by atoms with E-state index in [1.54, 1.807) is 11.3 Å². The molecule has 1 aromatic carbocycles. The molecule has 0 bridgehead atoms. The molecule has 1 N–H and O–H groups in total. The van der Waals surface area contributed by atoms with E-state index in [1.165, 1.54) is 5.56 Å². The Kier molecular flexibility index (Phi) is 4.72. The molecule has 0 saturated heterocycles. The summed E-state index contributed by atoms with van der Waals surface area (Å²) in [7, 11) is 0. The van der Waals surface area contributed by atoms with Gasteiger partial charge in [-0.25, -0.2) is 4.98 Å². The number of nitrogens with zero attached hydrogens (tertiary/aromatic N) is 1. The van der Waals surface area contributed by atoms with Gasteiger partial charge in [0.15, 0.2) is 0 Å². The van der Waals surface area contributed by atoms with Crippen LogP contribution in [0, 0.1) is 12.8 Å². The third kappa shape index (κ3) is 4.15. The number of aliphatic hydroxyl groups is 1. The van der Waals surface area contributed by atoms with Crippen molar-refractivity contribution in [1.29, 1.82) is 0 Å². The second-order valence-electron chi connectivity index (χ2n) is 5.44. The second-order valence-corrected chi connectivity index (χ2v) is 6.38. The van der Waals surface area contributed by atoms with Gasteiger partial charge in [-0.2, -0.15) is 0 Å². The van der Waals surface area contributed by atoms with E-state index in [4.69, 9.17) is 0 Å². The summed E-state index contributed by atoms with van der Waals surface area (Å²) < 4.78 is 0. The van der Waals surface area contributed by atoms with Crippen molar-refractivity contribution in [3.8, 4) is 0 Å². The number of aryl methyl sites for hydroxylation is 1. The number of aromatic nitrogens is 1. The summed E-state index contributed by atoms with van der Waals surface area (Å²) in [6, 6.07) is 8.29. The highest BCUT2D eigenvalue weighted by molar-refractivity contribution is 7.09. The molecule has 1 aromatic heterocycles. The van der Waals surface area contributed by atoms with E-state index in [1.807, 2.05) is 24.4 Å². The van der Waals surface area contributed by atoms with Gasteiger partial charge in [-0.15, -0.1) is 11.3 Å². The zero-order chi connectivity index (χ0) is 13.8. The molecule has 2 nitrogen and oxygen atoms in total. The number of thiazole rings is 1. The molecule has 1 heterocycles. The van der Waals surface area contributed by atoms with Crippen LogP contribution >= 0.6 is 11.3 Å². The average molecular weight is 275 g/mol. The largest absolute Gasteiger partial charge is 0.388 e. The van der Waals surface area contributed by atoms with Gasteiger partial charge in [-0.3, -0.25) is 0 Å². The summed E-state index contributed by atoms with van der Waals surface area (Å²) >= 11 is 1.61. The quantitative estimate of drug-likeness (QED) is 0.897. The Labute approximate surface area is 119 Å². The molecule has 102 valence electrons. The van der Waals surface area contributed by atoms with Crippen molar-refractivity contribution in [2.45, 2.75) is 39.7 Å². The van der Waals surface area contributed by atoms with Crippen molar-refractivity contribution in [2.75, 3.05) is 0 Å². The van der Waals surface area contributed by atoms with E-state index in [0.29, 0.717) is 12.3 Å². The molecule has 1 unspecified atom stereocenters. The normalized spacial score (nSPS) is 12.9. The third-order valence-electron chi connectivity index (χ3n) is 3.04. The second kappa shape index (κ2) is 6.31. The first-order chi connectivity index (χ1) is 9.04. The molecule has 0 fully saturated rings. The van der Waals surface area contributed by atoms with Crippen LogP contribution in [0.4, 0.5) is 0 Å². The zero-order valence-electron chi connectivity index (χ0n) is 11.8. The van der Waals surface area contributed by atoms with E-state index >= 15 is 0 Å². The fraction of sp³-hybridized carbons (Fsp3) is 0.438. The summed E-state index contributed by atoms with van der Waals surface area (Å²) in [5, 5.41) is 13.2. The SMILES string of the molecule is Cc1csc(CC(O)c2ccc(CC(C)C)cc2)n1. The highest BCUT2D eigenvalue weighted by Crippen LogP contribution is 2.21. The first kappa shape index (κ1) is 14.2. The summed E-state index contributed by atoms with van der Waals surface area (Å²) in [5.74, 6) is 0.661. The molecule has 0 saturated carbocycles. The predicted molar refractivity (Wildman–Crippen MR) is 80.5 cm³/mol. The fourth-order valence-electron chi connectivity index (χ4n) is 2.13. The van der Waals surface area contributed by atoms with Gasteiger partial charge >= 0.3 is 0 Å². The maximum Gasteiger partial charge on any atom is 0.0957 e. The van der Waals surface area contributed by atoms with Crippen LogP contribution in [-0.4, -0.2) is 10.1 Å². The van der Waals surface area contributed by atoms with Crippen molar-refractivity contribution in [3.05, 3.63) is 51.5 Å². The highest BCUT2D eigenvalue weighted by atomic mass is 32.1. The lowest BCUT2D eigenvalue weighted by Crippen LogP contribution is -2.02. The Morgan fingerprint density at radius 1 is 1.16 bits per heavy atom. The number of rotatable bonds is 5. The number of hydrogen-bond donors (Lipinski definition) is 1. The molecule has 0 amide bonds. The van der Waals surface area contributed by atoms with Crippen molar-refractivity contribution in [3.63, 3.8) is 0 Å². The molecule has 2 aromatic rings. The highest BCUT2D eigenvalue weighted by Gasteiger charge is 2.11. The molecular weight excluding hydrogens is 254 g/mol. The van der Waals surface area contributed by atoms with Crippen molar-refractivity contribution in [2.24, 2.45) is 5.92 Å². The molecular formula is C16H21NOS. The van der Waals surface area contributed by atoms with Gasteiger partial charge in [0, 0.05) is 17.5 Å². The Hall–Kier alpha value is -1.19. The maximum absolute atomic E-state index is 10.2. The van der Waals surface area contributed by atoms with Crippen LogP contribution in [0.15, 0.2) is 29.6 Å². The van der Waals surface area contributed by atoms with Gasteiger partial charge in [0.1, 0.15) is 0 Å². The van der Waals surface area contributed by atoms with Crippen molar-refractivity contribution < 1.29 is 5.11 Å². The Morgan fingerprint density at radius 3 is 2.37 bits per heavy atom. The van der Waals surface area contributed by atoms with Crippen LogP contribution in [0.25, 0.3) is 0 Å². The van der Waals surface area contributed by atoms with E-state index < -0.39 is 6.10 Å². The minimum Gasteiger partial charge on any atom is -0.388 e. The first-order valence-corrected chi connectivity index (χ1v) is 7.60. The molecule has 19 heavy (non-hydrogen) atoms. The summed E-state index contributed by atoms with van der Waals surface area (Å²) in [6.45, 7) is 6.41. The minimum atomic E-state index is -0.460. The van der Waals surface area contributed by atoms with Crippen LogP contribution in [0.5, 0.6) is 0 Å². The van der Waals surface area contributed by atoms with E-state index in [0.717, 1.165) is 22.7 Å². The van der Waals surface area contributed by atoms with E-state index in [-0.39, 0.29) is 0 Å². The zero-order valence-corrected chi connectivity index (χ0v) is 12.6. The monoisotopic (exact) mass is 275 g/mol. The van der Waals surface area contributed by atoms with Gasteiger partial charge in [0.25, 0.3) is 0 Å². The Balaban J connectivity index is 2.01. The maximum atomic E-state index is 10.2. The Morgan fingerprint density at radius 2 is 1.84 bits per heavy atom. The van der Waals surface area contributed by atoms with Crippen LogP contribution in [-0.2, 0) is 12.8 Å². The van der Waals surface area contributed by atoms with Gasteiger partial charge < -0.3 is 5.11 Å². The van der Waals surface area contributed by atoms with Crippen molar-refractivity contribution >= 4 is 11.3 Å². The van der Waals surface area contributed by atoms with Crippen LogP contribution in [0.3, 0.4) is 0 Å². The van der Waals surface area contributed by atoms with Crippen LogP contribution < -0.4 is 0 Å². The van der Waals surface area contributed by atoms with Crippen LogP contribution in [0.1, 0.15) is 41.8 Å². The number of hydrogen-bond acceptors (Lipinski definition) is 3. The number of benzene rings is 1. The lowest BCUT2D eigenvalue weighted by atomic mass is 9.99. The molecule has 3 heteroatoms. The minimum absolute atomic E-state index is 0.460. The van der Waals surface area contributed by atoms with E-state index in [9.17, 15) is 5.11 Å². The third-order valence-corrected chi connectivity index (χ3v) is 4.03. The molecule has 0 radical (unpaired) electrons. The van der Waals surface area contributed by atoms with Gasteiger partial charge in [0.05, 0.1) is 11.1 Å². The molecule has 0 aliphatic carbocycles. The van der Waals surface area contributed by atoms with Gasteiger partial charge in [-0.1, -0.05) is 38.1 Å². The molecule has 0 spiro atoms. The van der Waals surface area contributed by atoms with Crippen LogP contribution in [0.2, 0.25) is 0 Å². The lowest BCUT2D eigenvalue weighted by Gasteiger charge is -2.11. The first-order valence-electron chi connectivity index (χ1n) is 6.72. The van der Waals surface area contributed by atoms with Gasteiger partial charge in [0.2, 0.25) is 0 Å². The fourth-order valence-corrected chi connectivity index (χ4v) is 2.94. The van der Waals surface area contributed by atoms with Gasteiger partial charge in [-0.05, 0) is 30.4 Å². The predicted octanol–water partition coefficient (Wildman–Crippen LogP) is 3.93. The Bertz CT molecular complexity index is 516. The molecule has 1 atom stereocenters.